The number of hydrogen-bond acceptors (Lipinski definition) is 7. The van der Waals surface area contributed by atoms with E-state index in [1.807, 2.05) is 36.4 Å². The average Bonchev–Trinajstić information content (AvgIpc) is 3.10. The topological polar surface area (TPSA) is 97.0 Å². The van der Waals surface area contributed by atoms with Crippen LogP contribution in [0, 0.1) is 0 Å². The summed E-state index contributed by atoms with van der Waals surface area (Å²) in [6.07, 6.45) is 1.65. The van der Waals surface area contributed by atoms with Crippen LogP contribution in [0.5, 0.6) is 11.5 Å². The first-order valence-corrected chi connectivity index (χ1v) is 8.77. The van der Waals surface area contributed by atoms with Crippen molar-refractivity contribution < 1.29 is 9.47 Å². The van der Waals surface area contributed by atoms with Gasteiger partial charge in [0, 0.05) is 28.4 Å². The summed E-state index contributed by atoms with van der Waals surface area (Å²) < 4.78 is 10.6. The van der Waals surface area contributed by atoms with Gasteiger partial charge in [0.1, 0.15) is 5.82 Å². The van der Waals surface area contributed by atoms with Crippen molar-refractivity contribution in [1.82, 2.24) is 20.2 Å². The number of methoxy groups -OCH3 is 2. The van der Waals surface area contributed by atoms with E-state index in [-0.39, 0.29) is 0 Å². The van der Waals surface area contributed by atoms with E-state index in [1.165, 1.54) is 0 Å². The normalized spacial score (nSPS) is 10.7. The molecule has 0 atom stereocenters. The fourth-order valence-electron chi connectivity index (χ4n) is 2.73. The van der Waals surface area contributed by atoms with Crippen LogP contribution in [-0.2, 0) is 0 Å². The van der Waals surface area contributed by atoms with Gasteiger partial charge < -0.3 is 20.1 Å². The zero-order valence-electron chi connectivity index (χ0n) is 15.2. The Kier molecular flexibility index (Phi) is 4.86. The number of anilines is 4. The first-order valence-electron chi connectivity index (χ1n) is 8.39. The van der Waals surface area contributed by atoms with Gasteiger partial charge in [0.25, 0.3) is 0 Å². The van der Waals surface area contributed by atoms with Crippen LogP contribution in [0.3, 0.4) is 0 Å². The molecule has 0 saturated heterocycles. The maximum Gasteiger partial charge on any atom is 0.229 e. The standard InChI is InChI=1S/C19H17ClN6O2/c1-27-15-6-4-12(10-16(15)28-2)22-19-21-8-7-17(24-19)23-18-13-9-11(20)3-5-14(13)25-26-18/h3-10H,1-2H3,(H3,21,22,23,24,25,26). The van der Waals surface area contributed by atoms with Gasteiger partial charge in [-0.25, -0.2) is 4.98 Å². The van der Waals surface area contributed by atoms with Crippen LogP contribution in [0.2, 0.25) is 5.02 Å². The zero-order chi connectivity index (χ0) is 19.5. The van der Waals surface area contributed by atoms with Crippen molar-refractivity contribution in [1.29, 1.82) is 0 Å². The van der Waals surface area contributed by atoms with Gasteiger partial charge in [0.15, 0.2) is 17.3 Å². The Hall–Kier alpha value is -3.52. The molecule has 0 aliphatic rings. The first-order chi connectivity index (χ1) is 13.7. The Balaban J connectivity index is 1.57. The number of aromatic amines is 1. The number of H-pyrrole nitrogens is 1. The molecule has 4 aromatic rings. The zero-order valence-corrected chi connectivity index (χ0v) is 15.9. The molecule has 9 heteroatoms. The molecule has 0 spiro atoms. The van der Waals surface area contributed by atoms with E-state index in [0.717, 1.165) is 16.6 Å². The summed E-state index contributed by atoms with van der Waals surface area (Å²) in [6, 6.07) is 12.8. The van der Waals surface area contributed by atoms with Crippen molar-refractivity contribution in [3.63, 3.8) is 0 Å². The smallest absolute Gasteiger partial charge is 0.229 e. The van der Waals surface area contributed by atoms with Gasteiger partial charge in [-0.15, -0.1) is 0 Å². The molecule has 8 nitrogen and oxygen atoms in total. The lowest BCUT2D eigenvalue weighted by atomic mass is 10.2. The van der Waals surface area contributed by atoms with E-state index < -0.39 is 0 Å². The summed E-state index contributed by atoms with van der Waals surface area (Å²) in [4.78, 5) is 8.73. The third-order valence-electron chi connectivity index (χ3n) is 4.07. The first kappa shape index (κ1) is 17.9. The molecule has 0 aliphatic heterocycles. The monoisotopic (exact) mass is 396 g/mol. The Morgan fingerprint density at radius 2 is 1.82 bits per heavy atom. The van der Waals surface area contributed by atoms with Crippen LogP contribution in [0.25, 0.3) is 10.9 Å². The van der Waals surface area contributed by atoms with Gasteiger partial charge in [0.05, 0.1) is 19.7 Å². The van der Waals surface area contributed by atoms with E-state index in [0.29, 0.717) is 34.1 Å². The Labute approximate surface area is 165 Å². The summed E-state index contributed by atoms with van der Waals surface area (Å²) in [6.45, 7) is 0. The second kappa shape index (κ2) is 7.61. The van der Waals surface area contributed by atoms with Crippen molar-refractivity contribution in [3.8, 4) is 11.5 Å². The number of halogens is 1. The Morgan fingerprint density at radius 3 is 2.64 bits per heavy atom. The van der Waals surface area contributed by atoms with Crippen LogP contribution in [0.1, 0.15) is 0 Å². The van der Waals surface area contributed by atoms with E-state index in [2.05, 4.69) is 30.8 Å². The minimum Gasteiger partial charge on any atom is -0.493 e. The van der Waals surface area contributed by atoms with Crippen molar-refractivity contribution in [2.45, 2.75) is 0 Å². The summed E-state index contributed by atoms with van der Waals surface area (Å²) in [5.74, 6) is 2.91. The van der Waals surface area contributed by atoms with Gasteiger partial charge in [-0.2, -0.15) is 10.1 Å². The number of nitrogens with one attached hydrogen (secondary N) is 3. The van der Waals surface area contributed by atoms with Gasteiger partial charge in [-0.3, -0.25) is 5.10 Å². The number of rotatable bonds is 6. The maximum atomic E-state index is 6.09. The molecule has 0 saturated carbocycles. The molecule has 0 unspecified atom stereocenters. The molecule has 2 heterocycles. The lowest BCUT2D eigenvalue weighted by molar-refractivity contribution is 0.355. The largest absolute Gasteiger partial charge is 0.493 e. The molecule has 0 amide bonds. The molecule has 28 heavy (non-hydrogen) atoms. The molecule has 142 valence electrons. The number of ether oxygens (including phenoxy) is 2. The SMILES string of the molecule is COc1ccc(Nc2nccc(Nc3n[nH]c4ccc(Cl)cc34)n2)cc1OC. The molecule has 3 N–H and O–H groups in total. The highest BCUT2D eigenvalue weighted by Gasteiger charge is 2.09. The van der Waals surface area contributed by atoms with E-state index in [4.69, 9.17) is 21.1 Å². The fourth-order valence-corrected chi connectivity index (χ4v) is 2.91. The number of aromatic nitrogens is 4. The van der Waals surface area contributed by atoms with Crippen molar-refractivity contribution >= 4 is 45.8 Å². The highest BCUT2D eigenvalue weighted by atomic mass is 35.5. The van der Waals surface area contributed by atoms with Crippen molar-refractivity contribution in [2.24, 2.45) is 0 Å². The highest BCUT2D eigenvalue weighted by Crippen LogP contribution is 2.31. The third kappa shape index (κ3) is 3.63. The van der Waals surface area contributed by atoms with Crippen molar-refractivity contribution in [3.05, 3.63) is 53.7 Å². The Morgan fingerprint density at radius 1 is 0.964 bits per heavy atom. The number of hydrogen-bond donors (Lipinski definition) is 3. The minimum absolute atomic E-state index is 0.426. The van der Waals surface area contributed by atoms with Crippen LogP contribution in [0.4, 0.5) is 23.3 Å². The van der Waals surface area contributed by atoms with Gasteiger partial charge in [-0.1, -0.05) is 11.6 Å². The summed E-state index contributed by atoms with van der Waals surface area (Å²) in [5, 5.41) is 15.1. The van der Waals surface area contributed by atoms with Crippen LogP contribution in [0.15, 0.2) is 48.7 Å². The summed E-state index contributed by atoms with van der Waals surface area (Å²) in [5.41, 5.74) is 1.65. The van der Waals surface area contributed by atoms with Crippen LogP contribution < -0.4 is 20.1 Å². The quantitative estimate of drug-likeness (QED) is 0.441. The number of fused-ring (bicyclic) bond motifs is 1. The molecule has 0 bridgehead atoms. The molecule has 2 aromatic heterocycles. The predicted octanol–water partition coefficient (Wildman–Crippen LogP) is 4.51. The fraction of sp³-hybridized carbons (Fsp3) is 0.105. The Bertz CT molecular complexity index is 1130. The lowest BCUT2D eigenvalue weighted by Crippen LogP contribution is -2.01. The minimum atomic E-state index is 0.426. The molecule has 2 aromatic carbocycles. The second-order valence-electron chi connectivity index (χ2n) is 5.85. The van der Waals surface area contributed by atoms with Gasteiger partial charge >= 0.3 is 0 Å². The van der Waals surface area contributed by atoms with Crippen molar-refractivity contribution in [2.75, 3.05) is 24.9 Å². The lowest BCUT2D eigenvalue weighted by Gasteiger charge is -2.11. The second-order valence-corrected chi connectivity index (χ2v) is 6.28. The predicted molar refractivity (Wildman–Crippen MR) is 109 cm³/mol. The molecular weight excluding hydrogens is 380 g/mol. The summed E-state index contributed by atoms with van der Waals surface area (Å²) >= 11 is 6.09. The molecule has 4 rings (SSSR count). The number of benzene rings is 2. The third-order valence-corrected chi connectivity index (χ3v) is 4.30. The molecule has 0 aliphatic carbocycles. The van der Waals surface area contributed by atoms with E-state index in [1.54, 1.807) is 26.5 Å². The van der Waals surface area contributed by atoms with Gasteiger partial charge in [0.2, 0.25) is 5.95 Å². The van der Waals surface area contributed by atoms with Gasteiger partial charge in [-0.05, 0) is 36.4 Å². The van der Waals surface area contributed by atoms with Crippen LogP contribution >= 0.6 is 11.6 Å². The highest BCUT2D eigenvalue weighted by molar-refractivity contribution is 6.31. The molecule has 0 fully saturated rings. The molecule has 0 radical (unpaired) electrons. The molecular formula is C19H17ClN6O2. The van der Waals surface area contributed by atoms with E-state index in [9.17, 15) is 0 Å². The van der Waals surface area contributed by atoms with Crippen LogP contribution in [-0.4, -0.2) is 34.4 Å². The number of nitrogens with zero attached hydrogens (tertiary/aromatic N) is 3. The summed E-state index contributed by atoms with van der Waals surface area (Å²) in [7, 11) is 3.18. The average molecular weight is 397 g/mol. The van der Waals surface area contributed by atoms with E-state index >= 15 is 0 Å². The maximum absolute atomic E-state index is 6.09.